The molecular formula is C17H19NO3S. The van der Waals surface area contributed by atoms with Gasteiger partial charge in [0.05, 0.1) is 5.92 Å². The molecule has 2 rings (SSSR count). The van der Waals surface area contributed by atoms with Gasteiger partial charge in [0.1, 0.15) is 0 Å². The van der Waals surface area contributed by atoms with Gasteiger partial charge in [0.25, 0.3) is 0 Å². The molecule has 0 saturated heterocycles. The van der Waals surface area contributed by atoms with E-state index < -0.39 is 11.9 Å². The Morgan fingerprint density at radius 3 is 2.55 bits per heavy atom. The van der Waals surface area contributed by atoms with Crippen LogP contribution >= 0.6 is 11.3 Å². The monoisotopic (exact) mass is 317 g/mol. The Bertz CT molecular complexity index is 596. The molecule has 0 bridgehead atoms. The van der Waals surface area contributed by atoms with E-state index in [-0.39, 0.29) is 12.5 Å². The molecule has 0 spiro atoms. The first-order valence-corrected chi connectivity index (χ1v) is 8.14. The fourth-order valence-corrected chi connectivity index (χ4v) is 2.87. The van der Waals surface area contributed by atoms with Gasteiger partial charge in [-0.15, -0.1) is 0 Å². The van der Waals surface area contributed by atoms with Crippen LogP contribution in [0.4, 0.5) is 0 Å². The van der Waals surface area contributed by atoms with Gasteiger partial charge in [0, 0.05) is 13.0 Å². The van der Waals surface area contributed by atoms with Gasteiger partial charge in [-0.2, -0.15) is 11.3 Å². The molecule has 22 heavy (non-hydrogen) atoms. The first-order valence-electron chi connectivity index (χ1n) is 7.19. The zero-order valence-corrected chi connectivity index (χ0v) is 13.0. The highest BCUT2D eigenvalue weighted by Crippen LogP contribution is 2.10. The molecule has 0 aliphatic carbocycles. The van der Waals surface area contributed by atoms with Crippen LogP contribution in [0.15, 0.2) is 47.2 Å². The first-order chi connectivity index (χ1) is 10.6. The van der Waals surface area contributed by atoms with E-state index in [1.165, 1.54) is 0 Å². The van der Waals surface area contributed by atoms with E-state index >= 15 is 0 Å². The first kappa shape index (κ1) is 16.2. The maximum atomic E-state index is 11.8. The summed E-state index contributed by atoms with van der Waals surface area (Å²) in [5.74, 6) is -1.60. The van der Waals surface area contributed by atoms with Crippen LogP contribution in [0, 0.1) is 5.92 Å². The number of benzene rings is 1. The molecule has 1 aromatic carbocycles. The lowest BCUT2D eigenvalue weighted by Crippen LogP contribution is -2.34. The second-order valence-electron chi connectivity index (χ2n) is 5.16. The Balaban J connectivity index is 1.78. The lowest BCUT2D eigenvalue weighted by atomic mass is 9.99. The van der Waals surface area contributed by atoms with Crippen LogP contribution in [-0.2, 0) is 22.4 Å². The largest absolute Gasteiger partial charge is 0.481 e. The summed E-state index contributed by atoms with van der Waals surface area (Å²) in [5, 5.41) is 16.0. The third kappa shape index (κ3) is 5.33. The summed E-state index contributed by atoms with van der Waals surface area (Å²) in [7, 11) is 0. The van der Waals surface area contributed by atoms with Gasteiger partial charge in [0.15, 0.2) is 0 Å². The molecule has 4 nitrogen and oxygen atoms in total. The number of carbonyl (C=O) groups is 2. The van der Waals surface area contributed by atoms with Crippen LogP contribution in [0.25, 0.3) is 0 Å². The molecule has 1 aromatic heterocycles. The van der Waals surface area contributed by atoms with E-state index in [2.05, 4.69) is 5.32 Å². The molecule has 0 radical (unpaired) electrons. The molecule has 0 saturated carbocycles. The maximum absolute atomic E-state index is 11.8. The van der Waals surface area contributed by atoms with Crippen molar-refractivity contribution in [3.63, 3.8) is 0 Å². The number of carboxylic acid groups (broad SMARTS) is 1. The number of aryl methyl sites for hydroxylation is 1. The standard InChI is InChI=1S/C17H19NO3S/c19-16(7-6-14-8-9-22-12-14)18-11-15(17(20)21)10-13-4-2-1-3-5-13/h1-5,8-9,12,15H,6-7,10-11H2,(H,18,19)(H,20,21). The molecule has 2 N–H and O–H groups in total. The van der Waals surface area contributed by atoms with Crippen molar-refractivity contribution in [3.8, 4) is 0 Å². The topological polar surface area (TPSA) is 66.4 Å². The van der Waals surface area contributed by atoms with Crippen molar-refractivity contribution in [2.45, 2.75) is 19.3 Å². The minimum absolute atomic E-state index is 0.106. The number of carboxylic acids is 1. The van der Waals surface area contributed by atoms with Gasteiger partial charge < -0.3 is 10.4 Å². The molecule has 1 heterocycles. The van der Waals surface area contributed by atoms with Crippen molar-refractivity contribution in [1.82, 2.24) is 5.32 Å². The van der Waals surface area contributed by atoms with Crippen molar-refractivity contribution in [2.75, 3.05) is 6.54 Å². The zero-order chi connectivity index (χ0) is 15.8. The molecule has 1 unspecified atom stereocenters. The molecule has 1 amide bonds. The quantitative estimate of drug-likeness (QED) is 0.787. The molecule has 5 heteroatoms. The lowest BCUT2D eigenvalue weighted by Gasteiger charge is -2.13. The summed E-state index contributed by atoms with van der Waals surface area (Å²) in [6, 6.07) is 11.4. The summed E-state index contributed by atoms with van der Waals surface area (Å²) < 4.78 is 0. The molecule has 0 fully saturated rings. The zero-order valence-electron chi connectivity index (χ0n) is 12.2. The highest BCUT2D eigenvalue weighted by atomic mass is 32.1. The van der Waals surface area contributed by atoms with Crippen molar-refractivity contribution in [2.24, 2.45) is 5.92 Å². The predicted molar refractivity (Wildman–Crippen MR) is 86.9 cm³/mol. The fourth-order valence-electron chi connectivity index (χ4n) is 2.16. The normalized spacial score (nSPS) is 11.8. The van der Waals surface area contributed by atoms with Crippen molar-refractivity contribution >= 4 is 23.2 Å². The summed E-state index contributed by atoms with van der Waals surface area (Å²) in [6.45, 7) is 0.159. The summed E-state index contributed by atoms with van der Waals surface area (Å²) >= 11 is 1.61. The van der Waals surface area contributed by atoms with Crippen LogP contribution in [0.5, 0.6) is 0 Å². The number of amides is 1. The average molecular weight is 317 g/mol. The Morgan fingerprint density at radius 2 is 1.91 bits per heavy atom. The van der Waals surface area contributed by atoms with Gasteiger partial charge in [0.2, 0.25) is 5.91 Å². The number of aliphatic carboxylic acids is 1. The van der Waals surface area contributed by atoms with Crippen LogP contribution in [0.1, 0.15) is 17.5 Å². The van der Waals surface area contributed by atoms with Crippen molar-refractivity contribution in [3.05, 3.63) is 58.3 Å². The Morgan fingerprint density at radius 1 is 1.14 bits per heavy atom. The van der Waals surface area contributed by atoms with E-state index in [0.717, 1.165) is 11.1 Å². The SMILES string of the molecule is O=C(CCc1ccsc1)NCC(Cc1ccccc1)C(=O)O. The molecular weight excluding hydrogens is 298 g/mol. The van der Waals surface area contributed by atoms with Gasteiger partial charge in [-0.3, -0.25) is 9.59 Å². The molecule has 0 aliphatic heterocycles. The maximum Gasteiger partial charge on any atom is 0.308 e. The fraction of sp³-hybridized carbons (Fsp3) is 0.294. The summed E-state index contributed by atoms with van der Waals surface area (Å²) in [4.78, 5) is 23.1. The number of hydrogen-bond donors (Lipinski definition) is 2. The number of thiophene rings is 1. The van der Waals surface area contributed by atoms with E-state index in [1.54, 1.807) is 11.3 Å². The van der Waals surface area contributed by atoms with Crippen LogP contribution in [-0.4, -0.2) is 23.5 Å². The minimum Gasteiger partial charge on any atom is -0.481 e. The van der Waals surface area contributed by atoms with Gasteiger partial charge in [-0.05, 0) is 40.8 Å². The molecule has 1 atom stereocenters. The smallest absolute Gasteiger partial charge is 0.308 e. The predicted octanol–water partition coefficient (Wildman–Crippen LogP) is 2.74. The molecule has 0 aliphatic rings. The van der Waals surface area contributed by atoms with E-state index in [1.807, 2.05) is 47.2 Å². The van der Waals surface area contributed by atoms with E-state index in [9.17, 15) is 14.7 Å². The molecule has 116 valence electrons. The Labute approximate surface area is 133 Å². The van der Waals surface area contributed by atoms with Gasteiger partial charge in [-0.1, -0.05) is 30.3 Å². The van der Waals surface area contributed by atoms with Gasteiger partial charge >= 0.3 is 5.97 Å². The van der Waals surface area contributed by atoms with E-state index in [0.29, 0.717) is 19.3 Å². The number of hydrogen-bond acceptors (Lipinski definition) is 3. The van der Waals surface area contributed by atoms with Gasteiger partial charge in [-0.25, -0.2) is 0 Å². The summed E-state index contributed by atoms with van der Waals surface area (Å²) in [5.41, 5.74) is 2.10. The Kier molecular flexibility index (Phi) is 6.15. The third-order valence-electron chi connectivity index (χ3n) is 3.44. The van der Waals surface area contributed by atoms with Crippen LogP contribution in [0.2, 0.25) is 0 Å². The second-order valence-corrected chi connectivity index (χ2v) is 5.94. The van der Waals surface area contributed by atoms with Crippen molar-refractivity contribution in [1.29, 1.82) is 0 Å². The lowest BCUT2D eigenvalue weighted by molar-refractivity contribution is -0.141. The summed E-state index contributed by atoms with van der Waals surface area (Å²) in [6.07, 6.45) is 1.49. The number of carbonyl (C=O) groups excluding carboxylic acids is 1. The average Bonchev–Trinajstić information content (AvgIpc) is 3.03. The number of rotatable bonds is 8. The van der Waals surface area contributed by atoms with Crippen molar-refractivity contribution < 1.29 is 14.7 Å². The number of nitrogens with one attached hydrogen (secondary N) is 1. The van der Waals surface area contributed by atoms with E-state index in [4.69, 9.17) is 0 Å². The minimum atomic E-state index is -0.887. The van der Waals surface area contributed by atoms with Crippen LogP contribution in [0.3, 0.4) is 0 Å². The third-order valence-corrected chi connectivity index (χ3v) is 4.17. The van der Waals surface area contributed by atoms with Crippen LogP contribution < -0.4 is 5.32 Å². The second kappa shape index (κ2) is 8.34. The highest BCUT2D eigenvalue weighted by Gasteiger charge is 2.18. The molecule has 2 aromatic rings. The highest BCUT2D eigenvalue weighted by molar-refractivity contribution is 7.07. The Hall–Kier alpha value is -2.14.